The van der Waals surface area contributed by atoms with Gasteiger partial charge < -0.3 is 10.4 Å². The molecular weight excluding hydrogens is 297 g/mol. The number of nitrogens with one attached hydrogen (secondary N) is 2. The number of nitrogens with zero attached hydrogens (tertiary/aromatic N) is 1. The minimum absolute atomic E-state index is 0.0425. The minimum Gasteiger partial charge on any atom is -0.493 e. The SMILES string of the molecule is Cc1ccc(F)cc1Nc1nc(O)c(-c2ccccc2)c(=O)[nH]1. The molecule has 23 heavy (non-hydrogen) atoms. The van der Waals surface area contributed by atoms with Crippen LogP contribution in [0, 0.1) is 12.7 Å². The molecule has 0 saturated heterocycles. The van der Waals surface area contributed by atoms with Crippen molar-refractivity contribution in [2.24, 2.45) is 0 Å². The highest BCUT2D eigenvalue weighted by Crippen LogP contribution is 2.25. The number of aromatic amines is 1. The van der Waals surface area contributed by atoms with Crippen LogP contribution in [-0.2, 0) is 0 Å². The Bertz CT molecular complexity index is 907. The van der Waals surface area contributed by atoms with Gasteiger partial charge in [0.2, 0.25) is 11.8 Å². The van der Waals surface area contributed by atoms with Crippen LogP contribution in [0.1, 0.15) is 5.56 Å². The Hall–Kier alpha value is -3.15. The quantitative estimate of drug-likeness (QED) is 0.693. The van der Waals surface area contributed by atoms with Gasteiger partial charge in [0.05, 0.1) is 0 Å². The number of aromatic hydroxyl groups is 1. The second-order valence-electron chi connectivity index (χ2n) is 5.06. The Kier molecular flexibility index (Phi) is 3.80. The molecule has 0 aliphatic rings. The van der Waals surface area contributed by atoms with Gasteiger partial charge in [-0.15, -0.1) is 0 Å². The maximum atomic E-state index is 13.3. The van der Waals surface area contributed by atoms with Gasteiger partial charge >= 0.3 is 0 Å². The van der Waals surface area contributed by atoms with Crippen LogP contribution in [0.25, 0.3) is 11.1 Å². The van der Waals surface area contributed by atoms with E-state index in [1.807, 2.05) is 6.07 Å². The van der Waals surface area contributed by atoms with Crippen molar-refractivity contribution in [2.45, 2.75) is 6.92 Å². The van der Waals surface area contributed by atoms with E-state index >= 15 is 0 Å². The average molecular weight is 311 g/mol. The first-order valence-corrected chi connectivity index (χ1v) is 6.96. The van der Waals surface area contributed by atoms with Crippen molar-refractivity contribution in [3.63, 3.8) is 0 Å². The minimum atomic E-state index is -0.486. The van der Waals surface area contributed by atoms with Gasteiger partial charge in [0.25, 0.3) is 5.56 Å². The summed E-state index contributed by atoms with van der Waals surface area (Å²) in [5, 5.41) is 12.9. The molecular formula is C17H14FN3O2. The van der Waals surface area contributed by atoms with E-state index in [4.69, 9.17) is 0 Å². The summed E-state index contributed by atoms with van der Waals surface area (Å²) < 4.78 is 13.3. The van der Waals surface area contributed by atoms with Crippen molar-refractivity contribution in [3.8, 4) is 17.0 Å². The first kappa shape index (κ1) is 14.8. The summed E-state index contributed by atoms with van der Waals surface area (Å²) in [6, 6.07) is 13.0. The van der Waals surface area contributed by atoms with Crippen LogP contribution >= 0.6 is 0 Å². The summed E-state index contributed by atoms with van der Waals surface area (Å²) in [4.78, 5) is 18.7. The number of aromatic nitrogens is 2. The van der Waals surface area contributed by atoms with Crippen molar-refractivity contribution in [3.05, 3.63) is 70.3 Å². The predicted octanol–water partition coefficient (Wildman–Crippen LogP) is 3.33. The third-order valence-electron chi connectivity index (χ3n) is 3.42. The lowest BCUT2D eigenvalue weighted by atomic mass is 10.1. The number of benzene rings is 2. The highest BCUT2D eigenvalue weighted by Gasteiger charge is 2.13. The molecule has 0 aliphatic heterocycles. The van der Waals surface area contributed by atoms with Gasteiger partial charge in [0.1, 0.15) is 11.4 Å². The number of halogens is 1. The molecule has 2 aromatic carbocycles. The molecule has 0 amide bonds. The van der Waals surface area contributed by atoms with E-state index in [1.165, 1.54) is 12.1 Å². The Morgan fingerprint density at radius 1 is 1.17 bits per heavy atom. The Labute approximate surface area is 131 Å². The van der Waals surface area contributed by atoms with Crippen LogP contribution in [0.15, 0.2) is 53.3 Å². The normalized spacial score (nSPS) is 10.5. The van der Waals surface area contributed by atoms with Crippen molar-refractivity contribution in [2.75, 3.05) is 5.32 Å². The molecule has 5 nitrogen and oxygen atoms in total. The fourth-order valence-corrected chi connectivity index (χ4v) is 2.24. The monoisotopic (exact) mass is 311 g/mol. The summed E-state index contributed by atoms with van der Waals surface area (Å²) in [7, 11) is 0. The Balaban J connectivity index is 2.00. The van der Waals surface area contributed by atoms with E-state index in [2.05, 4.69) is 15.3 Å². The van der Waals surface area contributed by atoms with E-state index < -0.39 is 17.3 Å². The highest BCUT2D eigenvalue weighted by molar-refractivity contribution is 5.68. The molecule has 3 rings (SSSR count). The van der Waals surface area contributed by atoms with Gasteiger partial charge in [0.15, 0.2) is 0 Å². The molecule has 0 spiro atoms. The van der Waals surface area contributed by atoms with Crippen molar-refractivity contribution < 1.29 is 9.50 Å². The molecule has 3 N–H and O–H groups in total. The first-order valence-electron chi connectivity index (χ1n) is 6.96. The highest BCUT2D eigenvalue weighted by atomic mass is 19.1. The fourth-order valence-electron chi connectivity index (χ4n) is 2.24. The molecule has 0 atom stereocenters. The average Bonchev–Trinajstić information content (AvgIpc) is 2.51. The Morgan fingerprint density at radius 2 is 1.91 bits per heavy atom. The van der Waals surface area contributed by atoms with E-state index in [0.29, 0.717) is 11.3 Å². The van der Waals surface area contributed by atoms with Crippen molar-refractivity contribution >= 4 is 11.6 Å². The van der Waals surface area contributed by atoms with Gasteiger partial charge in [-0.25, -0.2) is 4.39 Å². The third kappa shape index (κ3) is 3.06. The lowest BCUT2D eigenvalue weighted by Crippen LogP contribution is -2.13. The zero-order valence-corrected chi connectivity index (χ0v) is 12.3. The number of anilines is 2. The van der Waals surface area contributed by atoms with E-state index in [-0.39, 0.29) is 11.5 Å². The number of H-pyrrole nitrogens is 1. The van der Waals surface area contributed by atoms with Gasteiger partial charge in [-0.1, -0.05) is 36.4 Å². The number of rotatable bonds is 3. The molecule has 0 aliphatic carbocycles. The summed E-state index contributed by atoms with van der Waals surface area (Å²) in [5.74, 6) is -0.761. The third-order valence-corrected chi connectivity index (χ3v) is 3.42. The summed E-state index contributed by atoms with van der Waals surface area (Å²) >= 11 is 0. The van der Waals surface area contributed by atoms with Gasteiger partial charge in [-0.2, -0.15) is 4.98 Å². The zero-order chi connectivity index (χ0) is 16.4. The summed E-state index contributed by atoms with van der Waals surface area (Å²) in [5.41, 5.74) is 1.40. The summed E-state index contributed by atoms with van der Waals surface area (Å²) in [6.45, 7) is 1.79. The maximum absolute atomic E-state index is 13.3. The lowest BCUT2D eigenvalue weighted by Gasteiger charge is -2.10. The second kappa shape index (κ2) is 5.92. The number of hydrogen-bond acceptors (Lipinski definition) is 4. The van der Waals surface area contributed by atoms with Crippen LogP contribution in [0.5, 0.6) is 5.88 Å². The topological polar surface area (TPSA) is 78.0 Å². The fraction of sp³-hybridized carbons (Fsp3) is 0.0588. The second-order valence-corrected chi connectivity index (χ2v) is 5.06. The maximum Gasteiger partial charge on any atom is 0.264 e. The van der Waals surface area contributed by atoms with Crippen LogP contribution < -0.4 is 10.9 Å². The van der Waals surface area contributed by atoms with Gasteiger partial charge in [-0.3, -0.25) is 9.78 Å². The molecule has 0 bridgehead atoms. The van der Waals surface area contributed by atoms with Crippen LogP contribution in [-0.4, -0.2) is 15.1 Å². The van der Waals surface area contributed by atoms with Crippen molar-refractivity contribution in [1.29, 1.82) is 0 Å². The van der Waals surface area contributed by atoms with E-state index in [0.717, 1.165) is 5.56 Å². The van der Waals surface area contributed by atoms with Crippen LogP contribution in [0.4, 0.5) is 16.0 Å². The molecule has 0 saturated carbocycles. The number of hydrogen-bond donors (Lipinski definition) is 3. The van der Waals surface area contributed by atoms with Gasteiger partial charge in [0, 0.05) is 5.69 Å². The molecule has 3 aromatic rings. The standard InChI is InChI=1S/C17H14FN3O2/c1-10-7-8-12(18)9-13(10)19-17-20-15(22)14(16(23)21-17)11-5-3-2-4-6-11/h2-9H,1H3,(H3,19,20,21,22,23). The van der Waals surface area contributed by atoms with E-state index in [9.17, 15) is 14.3 Å². The zero-order valence-electron chi connectivity index (χ0n) is 12.3. The Morgan fingerprint density at radius 3 is 2.61 bits per heavy atom. The molecule has 116 valence electrons. The molecule has 1 aromatic heterocycles. The number of aryl methyl sites for hydroxylation is 1. The van der Waals surface area contributed by atoms with Gasteiger partial charge in [-0.05, 0) is 30.2 Å². The smallest absolute Gasteiger partial charge is 0.264 e. The molecule has 1 heterocycles. The predicted molar refractivity (Wildman–Crippen MR) is 86.4 cm³/mol. The van der Waals surface area contributed by atoms with Crippen LogP contribution in [0.3, 0.4) is 0 Å². The summed E-state index contributed by atoms with van der Waals surface area (Å²) in [6.07, 6.45) is 0. The lowest BCUT2D eigenvalue weighted by molar-refractivity contribution is 0.454. The molecule has 0 radical (unpaired) electrons. The molecule has 6 heteroatoms. The largest absolute Gasteiger partial charge is 0.493 e. The first-order chi connectivity index (χ1) is 11.0. The molecule has 0 unspecified atom stereocenters. The van der Waals surface area contributed by atoms with Crippen LogP contribution in [0.2, 0.25) is 0 Å². The molecule has 0 fully saturated rings. The van der Waals surface area contributed by atoms with Crippen molar-refractivity contribution in [1.82, 2.24) is 9.97 Å². The van der Waals surface area contributed by atoms with E-state index in [1.54, 1.807) is 37.3 Å².